The molecule has 0 radical (unpaired) electrons. The van der Waals surface area contributed by atoms with Crippen molar-refractivity contribution in [2.24, 2.45) is 0 Å². The molecular formula is C26H34N4O8. The van der Waals surface area contributed by atoms with Gasteiger partial charge in [-0.15, -0.1) is 0 Å². The molecule has 1 atom stereocenters. The van der Waals surface area contributed by atoms with E-state index in [1.54, 1.807) is 0 Å². The number of carbonyl (C=O) groups excluding carboxylic acids is 3. The minimum absolute atomic E-state index is 0.153. The normalized spacial score (nSPS) is 20.5. The molecule has 0 spiro atoms. The van der Waals surface area contributed by atoms with Gasteiger partial charge in [0.05, 0.1) is 25.3 Å². The fraction of sp³-hybridized carbons (Fsp3) is 0.423. The predicted octanol–water partition coefficient (Wildman–Crippen LogP) is 0.518. The number of likely N-dealkylation sites (tertiary alicyclic amines) is 1. The zero-order chi connectivity index (χ0) is 27.9. The number of rotatable bonds is 11. The van der Waals surface area contributed by atoms with Crippen LogP contribution in [-0.4, -0.2) is 93.9 Å². The van der Waals surface area contributed by atoms with E-state index in [0.29, 0.717) is 19.5 Å². The van der Waals surface area contributed by atoms with E-state index in [4.69, 9.17) is 4.74 Å². The summed E-state index contributed by atoms with van der Waals surface area (Å²) in [6, 6.07) is 7.72. The molecule has 1 unspecified atom stereocenters. The van der Waals surface area contributed by atoms with Crippen LogP contribution in [0.3, 0.4) is 0 Å². The molecule has 6 N–H and O–H groups in total. The summed E-state index contributed by atoms with van der Waals surface area (Å²) >= 11 is 0. The third kappa shape index (κ3) is 6.33. The third-order valence-electron chi connectivity index (χ3n) is 6.51. The number of likely N-dealkylation sites (N-methyl/N-ethyl adjacent to an activating group) is 1. The number of amides is 2. The van der Waals surface area contributed by atoms with Gasteiger partial charge in [-0.05, 0) is 11.1 Å². The Labute approximate surface area is 220 Å². The zero-order valence-electron chi connectivity index (χ0n) is 21.3. The number of benzene rings is 1. The Kier molecular flexibility index (Phi) is 9.50. The van der Waals surface area contributed by atoms with E-state index in [0.717, 1.165) is 35.7 Å². The van der Waals surface area contributed by atoms with Crippen molar-refractivity contribution in [3.05, 3.63) is 70.5 Å². The van der Waals surface area contributed by atoms with Crippen LogP contribution in [0.25, 0.3) is 0 Å². The van der Waals surface area contributed by atoms with E-state index >= 15 is 0 Å². The molecule has 2 saturated heterocycles. The number of nitrogens with one attached hydrogen (secondary N) is 2. The quantitative estimate of drug-likeness (QED) is 0.135. The van der Waals surface area contributed by atoms with E-state index in [2.05, 4.69) is 22.1 Å². The van der Waals surface area contributed by atoms with E-state index < -0.39 is 53.5 Å². The van der Waals surface area contributed by atoms with Crippen LogP contribution in [0, 0.1) is 0 Å². The van der Waals surface area contributed by atoms with Gasteiger partial charge in [-0.2, -0.15) is 0 Å². The molecule has 0 bridgehead atoms. The smallest absolute Gasteiger partial charge is 0.273 e. The molecule has 2 aliphatic rings. The fourth-order valence-corrected chi connectivity index (χ4v) is 4.36. The maximum absolute atomic E-state index is 13.2. The van der Waals surface area contributed by atoms with Crippen molar-refractivity contribution in [3.8, 4) is 0 Å². The highest BCUT2D eigenvalue weighted by Gasteiger charge is 2.50. The van der Waals surface area contributed by atoms with Gasteiger partial charge in [0, 0.05) is 51.6 Å². The molecule has 0 saturated carbocycles. The standard InChI is InChI=1S/C26H34N4O8/c1-17(32)22(33)21-20(16-30(24(21)35)26(37,8-3-11-31)25(36)27-2)23(34)28-14-18-4-6-19(7-5-18)15-29-9-12-38-13-10-29/h4-7,11,28,32-34,37H,1,3,8-10,12-16H2,2H3,(H,27,36)/b22-21-,23-20-. The number of hydrogen-bond donors (Lipinski definition) is 6. The number of carbonyl (C=O) groups is 3. The largest absolute Gasteiger partial charge is 0.505 e. The maximum atomic E-state index is 13.2. The van der Waals surface area contributed by atoms with E-state index in [1.807, 2.05) is 24.3 Å². The van der Waals surface area contributed by atoms with Crippen LogP contribution < -0.4 is 10.6 Å². The second-order valence-corrected chi connectivity index (χ2v) is 9.05. The molecular weight excluding hydrogens is 496 g/mol. The summed E-state index contributed by atoms with van der Waals surface area (Å²) in [6.45, 7) is 6.83. The first kappa shape index (κ1) is 28.7. The lowest BCUT2D eigenvalue weighted by Gasteiger charge is -2.34. The van der Waals surface area contributed by atoms with Gasteiger partial charge in [-0.3, -0.25) is 19.4 Å². The summed E-state index contributed by atoms with van der Waals surface area (Å²) in [6.07, 6.45) is -0.176. The number of nitrogens with zero attached hydrogens (tertiary/aromatic N) is 2. The Morgan fingerprint density at radius 2 is 1.79 bits per heavy atom. The Hall–Kier alpha value is -3.87. The minimum Gasteiger partial charge on any atom is -0.505 e. The minimum atomic E-state index is -2.45. The van der Waals surface area contributed by atoms with Crippen LogP contribution in [0.4, 0.5) is 0 Å². The second kappa shape index (κ2) is 12.6. The van der Waals surface area contributed by atoms with E-state index in [-0.39, 0.29) is 18.5 Å². The average Bonchev–Trinajstić information content (AvgIpc) is 3.28. The van der Waals surface area contributed by atoms with Crippen molar-refractivity contribution >= 4 is 18.1 Å². The molecule has 38 heavy (non-hydrogen) atoms. The van der Waals surface area contributed by atoms with Crippen LogP contribution in [0.5, 0.6) is 0 Å². The molecule has 2 amide bonds. The van der Waals surface area contributed by atoms with Crippen molar-refractivity contribution < 1.29 is 39.5 Å². The number of aliphatic hydroxyl groups excluding tert-OH is 3. The molecule has 1 aromatic carbocycles. The SMILES string of the molecule is C=C(O)/C(O)=C1/C(=O)N(C(O)(CCC=O)C(=O)NC)C/C1=C(/O)NCc1ccc(CN2CCOCC2)cc1. The van der Waals surface area contributed by atoms with Gasteiger partial charge in [0.15, 0.2) is 17.4 Å². The summed E-state index contributed by atoms with van der Waals surface area (Å²) in [5.74, 6) is -4.25. The average molecular weight is 531 g/mol. The fourth-order valence-electron chi connectivity index (χ4n) is 4.36. The lowest BCUT2D eigenvalue weighted by Crippen LogP contribution is -2.59. The van der Waals surface area contributed by atoms with Crippen molar-refractivity contribution in [1.29, 1.82) is 0 Å². The maximum Gasteiger partial charge on any atom is 0.273 e. The van der Waals surface area contributed by atoms with Gasteiger partial charge < -0.3 is 40.6 Å². The zero-order valence-corrected chi connectivity index (χ0v) is 21.3. The second-order valence-electron chi connectivity index (χ2n) is 9.05. The van der Waals surface area contributed by atoms with Crippen LogP contribution >= 0.6 is 0 Å². The Morgan fingerprint density at radius 3 is 2.37 bits per heavy atom. The molecule has 2 heterocycles. The molecule has 206 valence electrons. The highest BCUT2D eigenvalue weighted by molar-refractivity contribution is 6.05. The van der Waals surface area contributed by atoms with Gasteiger partial charge in [-0.1, -0.05) is 30.8 Å². The van der Waals surface area contributed by atoms with Gasteiger partial charge >= 0.3 is 0 Å². The van der Waals surface area contributed by atoms with Crippen molar-refractivity contribution in [2.45, 2.75) is 31.7 Å². The van der Waals surface area contributed by atoms with Crippen molar-refractivity contribution in [1.82, 2.24) is 20.4 Å². The number of aldehydes is 1. The summed E-state index contributed by atoms with van der Waals surface area (Å²) in [5, 5.41) is 47.1. The topological polar surface area (TPSA) is 172 Å². The molecule has 0 aliphatic carbocycles. The highest BCUT2D eigenvalue weighted by atomic mass is 16.5. The van der Waals surface area contributed by atoms with Gasteiger partial charge in [0.2, 0.25) is 5.72 Å². The molecule has 1 aromatic rings. The molecule has 3 rings (SSSR count). The lowest BCUT2D eigenvalue weighted by molar-refractivity contribution is -0.171. The number of ether oxygens (including phenoxy) is 1. The van der Waals surface area contributed by atoms with Crippen LogP contribution in [0.1, 0.15) is 24.0 Å². The monoisotopic (exact) mass is 530 g/mol. The van der Waals surface area contributed by atoms with Crippen molar-refractivity contribution in [2.75, 3.05) is 39.9 Å². The molecule has 2 aliphatic heterocycles. The summed E-state index contributed by atoms with van der Waals surface area (Å²) in [4.78, 5) is 39.7. The highest BCUT2D eigenvalue weighted by Crippen LogP contribution is 2.34. The Morgan fingerprint density at radius 1 is 1.16 bits per heavy atom. The Bertz CT molecular complexity index is 1120. The van der Waals surface area contributed by atoms with E-state index in [1.165, 1.54) is 7.05 Å². The number of morpholine rings is 1. The van der Waals surface area contributed by atoms with Crippen LogP contribution in [-0.2, 0) is 32.2 Å². The van der Waals surface area contributed by atoms with Gasteiger partial charge in [-0.25, -0.2) is 0 Å². The number of hydrogen-bond acceptors (Lipinski definition) is 10. The molecule has 2 fully saturated rings. The predicted molar refractivity (Wildman–Crippen MR) is 136 cm³/mol. The first-order valence-corrected chi connectivity index (χ1v) is 12.2. The van der Waals surface area contributed by atoms with Crippen LogP contribution in [0.2, 0.25) is 0 Å². The lowest BCUT2D eigenvalue weighted by atomic mass is 10.0. The summed E-state index contributed by atoms with van der Waals surface area (Å²) < 4.78 is 5.37. The summed E-state index contributed by atoms with van der Waals surface area (Å²) in [5.41, 5.74) is -1.21. The van der Waals surface area contributed by atoms with E-state index in [9.17, 15) is 34.8 Å². The third-order valence-corrected chi connectivity index (χ3v) is 6.51. The number of aliphatic hydroxyl groups is 4. The first-order chi connectivity index (χ1) is 18.1. The first-order valence-electron chi connectivity index (χ1n) is 12.2. The van der Waals surface area contributed by atoms with Crippen molar-refractivity contribution in [3.63, 3.8) is 0 Å². The summed E-state index contributed by atoms with van der Waals surface area (Å²) in [7, 11) is 1.25. The molecule has 0 aromatic heterocycles. The van der Waals surface area contributed by atoms with Gasteiger partial charge in [0.1, 0.15) is 6.29 Å². The molecule has 12 heteroatoms. The molecule has 12 nitrogen and oxygen atoms in total. The Balaban J connectivity index is 1.83. The van der Waals surface area contributed by atoms with Crippen LogP contribution in [0.15, 0.2) is 59.4 Å². The van der Waals surface area contributed by atoms with Gasteiger partial charge in [0.25, 0.3) is 11.8 Å².